The lowest BCUT2D eigenvalue weighted by molar-refractivity contribution is 0.0991. The van der Waals surface area contributed by atoms with Crippen molar-refractivity contribution in [1.29, 1.82) is 0 Å². The highest BCUT2D eigenvalue weighted by Gasteiger charge is 2.17. The van der Waals surface area contributed by atoms with Gasteiger partial charge in [0.25, 0.3) is 0 Å². The first kappa shape index (κ1) is 17.7. The van der Waals surface area contributed by atoms with Crippen LogP contribution < -0.4 is 4.90 Å². The predicted molar refractivity (Wildman–Crippen MR) is 95.7 cm³/mol. The first-order valence-electron chi connectivity index (χ1n) is 8.02. The molecule has 0 radical (unpaired) electrons. The molecule has 1 aromatic heterocycles. The molecule has 0 atom stereocenters. The number of aromatic nitrogens is 2. The lowest BCUT2D eigenvalue weighted by atomic mass is 10.0. The number of benzene rings is 2. The van der Waals surface area contributed by atoms with Crippen LogP contribution >= 0.6 is 0 Å². The van der Waals surface area contributed by atoms with Crippen molar-refractivity contribution >= 4 is 17.2 Å². The lowest BCUT2D eigenvalue weighted by Gasteiger charge is -2.20. The molecule has 0 aliphatic carbocycles. The Labute approximate surface area is 150 Å². The topological polar surface area (TPSA) is 46.1 Å². The summed E-state index contributed by atoms with van der Waals surface area (Å²) in [5.41, 5.74) is 2.28. The summed E-state index contributed by atoms with van der Waals surface area (Å²) in [6.07, 6.45) is 4.26. The molecule has 1 heterocycles. The Hall–Kier alpha value is -3.15. The summed E-state index contributed by atoms with van der Waals surface area (Å²) >= 11 is 0. The van der Waals surface area contributed by atoms with Gasteiger partial charge in [-0.1, -0.05) is 23.8 Å². The molecule has 4 nitrogen and oxygen atoms in total. The summed E-state index contributed by atoms with van der Waals surface area (Å²) in [6.45, 7) is 1.88. The molecule has 132 valence electrons. The van der Waals surface area contributed by atoms with Crippen molar-refractivity contribution in [2.75, 3.05) is 11.9 Å². The molecule has 26 heavy (non-hydrogen) atoms. The van der Waals surface area contributed by atoms with Gasteiger partial charge < -0.3 is 4.90 Å². The second-order valence-electron chi connectivity index (χ2n) is 6.02. The number of hydrogen-bond acceptors (Lipinski definition) is 4. The largest absolute Gasteiger partial charge is 0.340 e. The zero-order valence-electron chi connectivity index (χ0n) is 14.4. The van der Waals surface area contributed by atoms with Gasteiger partial charge in [-0.2, -0.15) is 0 Å². The van der Waals surface area contributed by atoms with Gasteiger partial charge in [0.15, 0.2) is 5.78 Å². The number of hydrogen-bond donors (Lipinski definition) is 0. The quantitative estimate of drug-likeness (QED) is 0.643. The molecule has 3 rings (SSSR count). The standard InChI is InChI=1S/C20H17F2N3O/c1-13-4-3-5-14(6-13)20(26)8-15-7-19(18(22)9-17(15)21)25(2)16-10-23-12-24-11-16/h3-7,9-12H,8H2,1-2H3. The monoisotopic (exact) mass is 353 g/mol. The number of halogens is 2. The van der Waals surface area contributed by atoms with Gasteiger partial charge in [0, 0.05) is 25.1 Å². The van der Waals surface area contributed by atoms with E-state index in [0.29, 0.717) is 11.3 Å². The third-order valence-corrected chi connectivity index (χ3v) is 4.10. The number of carbonyl (C=O) groups is 1. The van der Waals surface area contributed by atoms with Crippen LogP contribution in [0, 0.1) is 18.6 Å². The fourth-order valence-electron chi connectivity index (χ4n) is 2.67. The smallest absolute Gasteiger partial charge is 0.167 e. The molecule has 0 saturated carbocycles. The number of nitrogens with zero attached hydrogens (tertiary/aromatic N) is 3. The summed E-state index contributed by atoms with van der Waals surface area (Å²) in [5.74, 6) is -1.69. The van der Waals surface area contributed by atoms with E-state index in [9.17, 15) is 13.6 Å². The SMILES string of the molecule is Cc1cccc(C(=O)Cc2cc(N(C)c3cncnc3)c(F)cc2F)c1. The van der Waals surface area contributed by atoms with Gasteiger partial charge >= 0.3 is 0 Å². The van der Waals surface area contributed by atoms with Crippen LogP contribution in [0.4, 0.5) is 20.2 Å². The molecule has 0 aliphatic heterocycles. The van der Waals surface area contributed by atoms with E-state index in [-0.39, 0.29) is 23.5 Å². The summed E-state index contributed by atoms with van der Waals surface area (Å²) in [6, 6.07) is 9.24. The summed E-state index contributed by atoms with van der Waals surface area (Å²) in [7, 11) is 1.63. The highest BCUT2D eigenvalue weighted by atomic mass is 19.1. The van der Waals surface area contributed by atoms with E-state index in [4.69, 9.17) is 0 Å². The molecule has 2 aromatic carbocycles. The van der Waals surface area contributed by atoms with Gasteiger partial charge in [-0.15, -0.1) is 0 Å². The van der Waals surface area contributed by atoms with Crippen LogP contribution in [0.3, 0.4) is 0 Å². The van der Waals surface area contributed by atoms with Crippen molar-refractivity contribution in [3.05, 3.63) is 83.4 Å². The van der Waals surface area contributed by atoms with Crippen LogP contribution in [0.5, 0.6) is 0 Å². The summed E-state index contributed by atoms with van der Waals surface area (Å²) < 4.78 is 28.5. The summed E-state index contributed by atoms with van der Waals surface area (Å²) in [4.78, 5) is 21.8. The van der Waals surface area contributed by atoms with E-state index in [0.717, 1.165) is 11.6 Å². The number of anilines is 2. The third-order valence-electron chi connectivity index (χ3n) is 4.10. The summed E-state index contributed by atoms with van der Waals surface area (Å²) in [5, 5.41) is 0. The van der Waals surface area contributed by atoms with Crippen LogP contribution in [0.2, 0.25) is 0 Å². The van der Waals surface area contributed by atoms with Gasteiger partial charge in [0.05, 0.1) is 23.8 Å². The van der Waals surface area contributed by atoms with Gasteiger partial charge in [0.1, 0.15) is 18.0 Å². The number of rotatable bonds is 5. The zero-order chi connectivity index (χ0) is 18.7. The van der Waals surface area contributed by atoms with Gasteiger partial charge in [-0.05, 0) is 24.6 Å². The van der Waals surface area contributed by atoms with Crippen molar-refractivity contribution in [3.8, 4) is 0 Å². The van der Waals surface area contributed by atoms with E-state index in [2.05, 4.69) is 9.97 Å². The first-order valence-corrected chi connectivity index (χ1v) is 8.02. The van der Waals surface area contributed by atoms with Crippen LogP contribution in [0.1, 0.15) is 21.5 Å². The molecule has 0 spiro atoms. The normalized spacial score (nSPS) is 10.6. The number of carbonyl (C=O) groups excluding carboxylic acids is 1. The van der Waals surface area contributed by atoms with E-state index < -0.39 is 11.6 Å². The average molecular weight is 353 g/mol. The molecular weight excluding hydrogens is 336 g/mol. The Balaban J connectivity index is 1.92. The molecule has 6 heteroatoms. The fourth-order valence-corrected chi connectivity index (χ4v) is 2.67. The minimum Gasteiger partial charge on any atom is -0.340 e. The molecular formula is C20H17F2N3O. The Kier molecular flexibility index (Phi) is 5.02. The minimum atomic E-state index is -0.745. The number of Topliss-reactive ketones (excluding diaryl/α,β-unsaturated/α-hetero) is 1. The Bertz CT molecular complexity index is 945. The van der Waals surface area contributed by atoms with Crippen molar-refractivity contribution in [2.24, 2.45) is 0 Å². The highest BCUT2D eigenvalue weighted by Crippen LogP contribution is 2.28. The van der Waals surface area contributed by atoms with E-state index >= 15 is 0 Å². The fraction of sp³-hybridized carbons (Fsp3) is 0.150. The zero-order valence-corrected chi connectivity index (χ0v) is 14.4. The Morgan fingerprint density at radius 2 is 1.81 bits per heavy atom. The van der Waals surface area contributed by atoms with Gasteiger partial charge in [-0.3, -0.25) is 4.79 Å². The van der Waals surface area contributed by atoms with Crippen molar-refractivity contribution in [1.82, 2.24) is 9.97 Å². The van der Waals surface area contributed by atoms with E-state index in [1.54, 1.807) is 25.2 Å². The molecule has 0 bridgehead atoms. The number of aryl methyl sites for hydroxylation is 1. The van der Waals surface area contributed by atoms with Crippen LogP contribution in [0.25, 0.3) is 0 Å². The molecule has 0 saturated heterocycles. The second-order valence-corrected chi connectivity index (χ2v) is 6.02. The molecule has 0 fully saturated rings. The molecule has 3 aromatic rings. The van der Waals surface area contributed by atoms with Crippen molar-refractivity contribution in [3.63, 3.8) is 0 Å². The van der Waals surface area contributed by atoms with Crippen molar-refractivity contribution < 1.29 is 13.6 Å². The van der Waals surface area contributed by atoms with Crippen LogP contribution in [-0.2, 0) is 6.42 Å². The van der Waals surface area contributed by atoms with Crippen LogP contribution in [-0.4, -0.2) is 22.8 Å². The molecule has 0 aliphatic rings. The second kappa shape index (κ2) is 7.39. The predicted octanol–water partition coefficient (Wildman–Crippen LogP) is 4.26. The van der Waals surface area contributed by atoms with E-state index in [1.807, 2.05) is 13.0 Å². The molecule has 0 unspecified atom stereocenters. The van der Waals surface area contributed by atoms with Crippen LogP contribution in [0.15, 0.2) is 55.1 Å². The third kappa shape index (κ3) is 3.74. The number of ketones is 1. The Morgan fingerprint density at radius 3 is 2.50 bits per heavy atom. The van der Waals surface area contributed by atoms with Gasteiger partial charge in [0.2, 0.25) is 0 Å². The maximum absolute atomic E-state index is 14.3. The minimum absolute atomic E-state index is 0.136. The maximum Gasteiger partial charge on any atom is 0.167 e. The first-order chi connectivity index (χ1) is 12.5. The maximum atomic E-state index is 14.3. The van der Waals surface area contributed by atoms with E-state index in [1.165, 1.54) is 29.7 Å². The van der Waals surface area contributed by atoms with Gasteiger partial charge in [-0.25, -0.2) is 18.7 Å². The molecule has 0 N–H and O–H groups in total. The molecule has 0 amide bonds. The highest BCUT2D eigenvalue weighted by molar-refractivity contribution is 5.97. The lowest BCUT2D eigenvalue weighted by Crippen LogP contribution is -2.14. The van der Waals surface area contributed by atoms with Crippen molar-refractivity contribution in [2.45, 2.75) is 13.3 Å². The Morgan fingerprint density at radius 1 is 1.08 bits per heavy atom. The average Bonchev–Trinajstić information content (AvgIpc) is 2.64.